The van der Waals surface area contributed by atoms with Gasteiger partial charge in [-0.05, 0) is 6.07 Å². The molecule has 0 amide bonds. The summed E-state index contributed by atoms with van der Waals surface area (Å²) in [6, 6.07) is 11.0. The Balaban J connectivity index is 1.50. The maximum atomic E-state index is 13.0. The molecular formula is C31H36ClN4O8S5Se+. The van der Waals surface area contributed by atoms with Crippen molar-refractivity contribution in [3.05, 3.63) is 92.0 Å². The molecule has 1 unspecified atom stereocenters. The van der Waals surface area contributed by atoms with Crippen LogP contribution in [-0.2, 0) is 46.0 Å². The monoisotopic (exact) mass is 867 g/mol. The van der Waals surface area contributed by atoms with Crippen LogP contribution in [0.4, 0.5) is 5.69 Å². The van der Waals surface area contributed by atoms with Crippen LogP contribution in [0.3, 0.4) is 0 Å². The Labute approximate surface area is 308 Å². The summed E-state index contributed by atoms with van der Waals surface area (Å²) in [5.41, 5.74) is 3.87. The number of nitrogens with zero attached hydrogens (tertiary/aromatic N) is 3. The molecule has 19 heteroatoms. The van der Waals surface area contributed by atoms with Gasteiger partial charge >= 0.3 is 251 Å². The van der Waals surface area contributed by atoms with Gasteiger partial charge in [-0.1, -0.05) is 11.6 Å². The van der Waals surface area contributed by atoms with Crippen molar-refractivity contribution in [3.63, 3.8) is 0 Å². The Bertz CT molecular complexity index is 2470. The van der Waals surface area contributed by atoms with E-state index in [0.717, 1.165) is 54.9 Å². The summed E-state index contributed by atoms with van der Waals surface area (Å²) in [6.45, 7) is 6.13. The number of allylic oxidation sites excluding steroid dienone is 6. The van der Waals surface area contributed by atoms with Crippen LogP contribution in [0.25, 0.3) is 15.9 Å². The normalized spacial score (nSPS) is 19.7. The Morgan fingerprint density at radius 1 is 1.04 bits per heavy atom. The van der Waals surface area contributed by atoms with E-state index in [1.165, 1.54) is 11.8 Å². The molecule has 0 spiro atoms. The Morgan fingerprint density at radius 3 is 2.42 bits per heavy atom. The van der Waals surface area contributed by atoms with Gasteiger partial charge in [0.15, 0.2) is 0 Å². The zero-order valence-corrected chi connectivity index (χ0v) is 34.2. The number of hydrogen-bond acceptors (Lipinski definition) is 9. The number of anilines is 1. The average Bonchev–Trinajstić information content (AvgIpc) is 3.44. The van der Waals surface area contributed by atoms with E-state index < -0.39 is 51.8 Å². The van der Waals surface area contributed by atoms with Crippen LogP contribution in [0, 0.1) is 12.3 Å². The van der Waals surface area contributed by atoms with Gasteiger partial charge in [0.05, 0.1) is 6.26 Å². The van der Waals surface area contributed by atoms with Crippen molar-refractivity contribution in [1.82, 2.24) is 4.13 Å². The first-order chi connectivity index (χ1) is 23.0. The molecule has 0 saturated carbocycles. The summed E-state index contributed by atoms with van der Waals surface area (Å²) in [5, 5.41) is 1.07. The number of thioether (sulfide) groups is 1. The summed E-state index contributed by atoms with van der Waals surface area (Å²) in [4.78, 5) is 2.36. The van der Waals surface area contributed by atoms with E-state index in [9.17, 15) is 34.0 Å². The van der Waals surface area contributed by atoms with Crippen molar-refractivity contribution < 1.29 is 38.6 Å². The molecule has 0 fully saturated rings. The van der Waals surface area contributed by atoms with Crippen LogP contribution in [0.15, 0.2) is 85.5 Å². The number of fused-ring (bicyclic) bond motifs is 2. The Hall–Kier alpha value is -2.25. The molecule has 1 atom stereocenters. The number of halogens is 1. The first-order valence-electron chi connectivity index (χ1n) is 14.8. The molecule has 2 aromatic carbocycles. The number of aromatic nitrogens is 1. The molecule has 2 heterocycles. The van der Waals surface area contributed by atoms with Crippen molar-refractivity contribution in [2.45, 2.75) is 44.4 Å². The standard InChI is InChI=1S/C31H35ClN4O8S5Se/c1-21-10-13-28-26(14-21)35(19-48(41,42)33-46(4,37)38)29(50-28)9-7-6-8-22-15-23(18-31(2,3)17-22)30-36(20-49(43,44)34-47(5,39)40)25-16-24(32)11-12-27(25)45-30/h6-16,34H,17-20H2,1-5H3/p+1. The molecule has 12 nitrogen and oxygen atoms in total. The Kier molecular flexibility index (Phi) is 11.1. The van der Waals surface area contributed by atoms with Gasteiger partial charge in [-0.15, -0.1) is 4.13 Å². The number of rotatable bonds is 10. The van der Waals surface area contributed by atoms with Crippen molar-refractivity contribution >= 4 is 99.5 Å². The SMILES string of the molecule is Cc1ccc2[se]c(C=CC=CC3=CC(=C4Sc5ccc(Cl)cc5N4CS(=O)(=O)NS(C)(=O)=O)CC(C)(C)C3)[n+](CS(=O)(=O)N=S(C)(=O)O)c2c1. The zero-order valence-electron chi connectivity index (χ0n) is 27.7. The van der Waals surface area contributed by atoms with Gasteiger partial charge in [0.25, 0.3) is 0 Å². The predicted molar refractivity (Wildman–Crippen MR) is 202 cm³/mol. The minimum absolute atomic E-state index is 0.203. The van der Waals surface area contributed by atoms with Gasteiger partial charge in [0.1, 0.15) is 0 Å². The van der Waals surface area contributed by atoms with Gasteiger partial charge in [-0.25, -0.2) is 16.8 Å². The molecule has 1 aliphatic heterocycles. The van der Waals surface area contributed by atoms with Gasteiger partial charge in [0.2, 0.25) is 10.0 Å². The average molecular weight is 867 g/mol. The van der Waals surface area contributed by atoms with Crippen molar-refractivity contribution in [2.24, 2.45) is 9.18 Å². The number of benzene rings is 2. The topological polar surface area (TPSA) is 171 Å². The third-order valence-corrected chi connectivity index (χ3v) is 16.6. The molecule has 3 aromatic rings. The third kappa shape index (κ3) is 10.2. The van der Waals surface area contributed by atoms with Crippen LogP contribution >= 0.6 is 23.4 Å². The second-order valence-corrected chi connectivity index (χ2v) is 23.9. The fourth-order valence-corrected chi connectivity index (χ4v) is 14.7. The molecule has 1 aromatic heterocycles. The summed E-state index contributed by atoms with van der Waals surface area (Å²) >= 11 is 7.45. The number of aryl methyl sites for hydroxylation is 1. The van der Waals surface area contributed by atoms with Crippen molar-refractivity contribution in [3.8, 4) is 0 Å². The van der Waals surface area contributed by atoms with Gasteiger partial charge in [0, 0.05) is 5.02 Å². The maximum absolute atomic E-state index is 13.0. The third-order valence-electron chi connectivity index (χ3n) is 7.32. The van der Waals surface area contributed by atoms with E-state index in [1.807, 2.05) is 55.5 Å². The van der Waals surface area contributed by atoms with E-state index in [-0.39, 0.29) is 19.9 Å². The number of sulfonamides is 3. The minimum atomic E-state index is -4.29. The molecule has 2 aliphatic rings. The van der Waals surface area contributed by atoms with Crippen LogP contribution < -0.4 is 13.6 Å². The van der Waals surface area contributed by atoms with Crippen LogP contribution in [0.5, 0.6) is 0 Å². The summed E-state index contributed by atoms with van der Waals surface area (Å²) < 4.78 is 105. The van der Waals surface area contributed by atoms with Gasteiger partial charge < -0.3 is 0 Å². The first kappa shape index (κ1) is 39.0. The van der Waals surface area contributed by atoms with E-state index in [4.69, 9.17) is 11.6 Å². The van der Waals surface area contributed by atoms with Crippen molar-refractivity contribution in [2.75, 3.05) is 23.3 Å². The molecule has 0 bridgehead atoms. The Morgan fingerprint density at radius 2 is 1.74 bits per heavy atom. The quantitative estimate of drug-likeness (QED) is 0.161. The fourth-order valence-electron chi connectivity index (χ4n) is 5.73. The van der Waals surface area contributed by atoms with E-state index in [1.54, 1.807) is 31.8 Å². The van der Waals surface area contributed by atoms with Gasteiger partial charge in [-0.3, -0.25) is 0 Å². The fraction of sp³-hybridized carbons (Fsp3) is 0.323. The molecule has 1 aliphatic carbocycles. The van der Waals surface area contributed by atoms with Gasteiger partial charge in [-0.2, -0.15) is 0 Å². The molecule has 5 rings (SSSR count). The summed E-state index contributed by atoms with van der Waals surface area (Å²) in [6.07, 6.45) is 12.4. The van der Waals surface area contributed by atoms with Crippen LogP contribution in [-0.4, -0.2) is 66.9 Å². The summed E-state index contributed by atoms with van der Waals surface area (Å²) in [5.74, 6) is -1.20. The second-order valence-electron chi connectivity index (χ2n) is 12.9. The number of nitrogens with one attached hydrogen (secondary N) is 1. The number of hydrogen-bond donors (Lipinski definition) is 2. The first-order valence-corrected chi connectivity index (χ1v) is 24.8. The molecule has 50 heavy (non-hydrogen) atoms. The van der Waals surface area contributed by atoms with Crippen molar-refractivity contribution in [1.29, 1.82) is 0 Å². The zero-order chi connectivity index (χ0) is 36.9. The summed E-state index contributed by atoms with van der Waals surface area (Å²) in [7, 11) is -16.5. The van der Waals surface area contributed by atoms with Crippen LogP contribution in [0.2, 0.25) is 5.02 Å². The van der Waals surface area contributed by atoms with E-state index in [0.29, 0.717) is 22.2 Å². The molecule has 270 valence electrons. The second kappa shape index (κ2) is 14.3. The van der Waals surface area contributed by atoms with E-state index >= 15 is 0 Å². The molecule has 0 saturated heterocycles. The van der Waals surface area contributed by atoms with E-state index in [2.05, 4.69) is 17.6 Å². The molecule has 2 N–H and O–H groups in total. The molecule has 0 radical (unpaired) electrons. The van der Waals surface area contributed by atoms with Crippen LogP contribution in [0.1, 0.15) is 36.8 Å². The predicted octanol–water partition coefficient (Wildman–Crippen LogP) is 4.98. The molecular weight excluding hydrogens is 831 g/mol.